The van der Waals surface area contributed by atoms with Crippen LogP contribution in [0.4, 0.5) is 5.00 Å². The predicted octanol–water partition coefficient (Wildman–Crippen LogP) is 2.92. The molecule has 0 aliphatic carbocycles. The van der Waals surface area contributed by atoms with Gasteiger partial charge in [-0.25, -0.2) is 0 Å². The van der Waals surface area contributed by atoms with Crippen LogP contribution >= 0.6 is 11.3 Å². The number of nitriles is 1. The van der Waals surface area contributed by atoms with Gasteiger partial charge in [-0.2, -0.15) is 5.26 Å². The fourth-order valence-corrected chi connectivity index (χ4v) is 3.60. The van der Waals surface area contributed by atoms with Crippen LogP contribution < -0.4 is 10.6 Å². The highest BCUT2D eigenvalue weighted by Crippen LogP contribution is 2.34. The molecule has 3 rings (SSSR count). The summed E-state index contributed by atoms with van der Waals surface area (Å²) < 4.78 is 0. The Kier molecular flexibility index (Phi) is 4.33. The second-order valence-electron chi connectivity index (χ2n) is 4.98. The van der Waals surface area contributed by atoms with Crippen molar-refractivity contribution in [3.63, 3.8) is 0 Å². The minimum Gasteiger partial charge on any atom is -0.313 e. The minimum atomic E-state index is -0.216. The first-order valence-corrected chi connectivity index (χ1v) is 7.89. The summed E-state index contributed by atoms with van der Waals surface area (Å²) in [4.78, 5) is 13.2. The molecule has 2 N–H and O–H groups in total. The number of hydrogen-bond acceptors (Lipinski definition) is 4. The van der Waals surface area contributed by atoms with Crippen LogP contribution in [0.5, 0.6) is 0 Å². The van der Waals surface area contributed by atoms with Gasteiger partial charge < -0.3 is 10.6 Å². The molecule has 2 aromatic rings. The molecule has 0 fully saturated rings. The van der Waals surface area contributed by atoms with Crippen molar-refractivity contribution in [2.24, 2.45) is 0 Å². The van der Waals surface area contributed by atoms with Gasteiger partial charge in [0.05, 0.1) is 5.56 Å². The number of carbonyl (C=O) groups is 1. The average molecular weight is 309 g/mol. The van der Waals surface area contributed by atoms with Crippen LogP contribution in [0.1, 0.15) is 21.6 Å². The first-order valence-electron chi connectivity index (χ1n) is 7.07. The van der Waals surface area contributed by atoms with Crippen molar-refractivity contribution in [3.05, 3.63) is 58.0 Å². The molecule has 1 aliphatic heterocycles. The second-order valence-corrected chi connectivity index (χ2v) is 6.08. The van der Waals surface area contributed by atoms with Crippen LogP contribution in [0.3, 0.4) is 0 Å². The maximum absolute atomic E-state index is 12.1. The Balaban J connectivity index is 1.76. The molecule has 0 spiro atoms. The van der Waals surface area contributed by atoms with Crippen molar-refractivity contribution in [1.29, 1.82) is 5.26 Å². The molecule has 0 unspecified atom stereocenters. The lowest BCUT2D eigenvalue weighted by Crippen LogP contribution is -2.22. The molecular weight excluding hydrogens is 294 g/mol. The highest BCUT2D eigenvalue weighted by molar-refractivity contribution is 7.16. The molecule has 1 aromatic heterocycles. The monoisotopic (exact) mass is 309 g/mol. The van der Waals surface area contributed by atoms with Crippen molar-refractivity contribution >= 4 is 28.3 Å². The summed E-state index contributed by atoms with van der Waals surface area (Å²) in [5.74, 6) is -0.216. The van der Waals surface area contributed by atoms with Gasteiger partial charge in [0.2, 0.25) is 5.91 Å². The molecule has 110 valence electrons. The van der Waals surface area contributed by atoms with E-state index in [9.17, 15) is 10.1 Å². The van der Waals surface area contributed by atoms with Gasteiger partial charge in [-0.15, -0.1) is 11.3 Å². The maximum atomic E-state index is 12.1. The van der Waals surface area contributed by atoms with Gasteiger partial charge in [0, 0.05) is 17.5 Å². The van der Waals surface area contributed by atoms with Crippen molar-refractivity contribution in [2.45, 2.75) is 13.0 Å². The lowest BCUT2D eigenvalue weighted by Gasteiger charge is -2.11. The highest BCUT2D eigenvalue weighted by Gasteiger charge is 2.21. The Bertz CT molecular complexity index is 756. The van der Waals surface area contributed by atoms with Gasteiger partial charge in [-0.3, -0.25) is 4.79 Å². The number of rotatable bonds is 3. The van der Waals surface area contributed by atoms with Crippen LogP contribution in [-0.4, -0.2) is 12.5 Å². The number of amides is 1. The first kappa shape index (κ1) is 14.5. The number of thiophene rings is 1. The predicted molar refractivity (Wildman–Crippen MR) is 88.6 cm³/mol. The minimum absolute atomic E-state index is 0.216. The van der Waals surface area contributed by atoms with Gasteiger partial charge in [0.15, 0.2) is 0 Å². The molecule has 1 aromatic carbocycles. The Labute approximate surface area is 133 Å². The molecule has 5 heteroatoms. The molecule has 0 atom stereocenters. The highest BCUT2D eigenvalue weighted by atomic mass is 32.1. The van der Waals surface area contributed by atoms with Gasteiger partial charge in [-0.05, 0) is 30.2 Å². The summed E-state index contributed by atoms with van der Waals surface area (Å²) >= 11 is 1.49. The van der Waals surface area contributed by atoms with Crippen LogP contribution in [0, 0.1) is 11.3 Å². The van der Waals surface area contributed by atoms with E-state index in [4.69, 9.17) is 0 Å². The van der Waals surface area contributed by atoms with E-state index in [1.54, 1.807) is 6.08 Å². The number of benzene rings is 1. The number of nitrogens with zero attached hydrogens (tertiary/aromatic N) is 1. The van der Waals surface area contributed by atoms with E-state index in [2.05, 4.69) is 16.7 Å². The topological polar surface area (TPSA) is 64.9 Å². The van der Waals surface area contributed by atoms with E-state index >= 15 is 0 Å². The zero-order valence-corrected chi connectivity index (χ0v) is 12.7. The fourth-order valence-electron chi connectivity index (χ4n) is 2.43. The van der Waals surface area contributed by atoms with Gasteiger partial charge >= 0.3 is 0 Å². The van der Waals surface area contributed by atoms with Crippen molar-refractivity contribution in [3.8, 4) is 6.07 Å². The fraction of sp³-hybridized carbons (Fsp3) is 0.176. The van der Waals surface area contributed by atoms with Crippen LogP contribution in [0.2, 0.25) is 0 Å². The van der Waals surface area contributed by atoms with E-state index < -0.39 is 0 Å². The van der Waals surface area contributed by atoms with Crippen LogP contribution in [-0.2, 0) is 17.8 Å². The molecule has 4 nitrogen and oxygen atoms in total. The number of nitrogens with one attached hydrogen (secondary N) is 2. The molecule has 1 amide bonds. The smallest absolute Gasteiger partial charge is 0.249 e. The molecule has 0 saturated carbocycles. The second kappa shape index (κ2) is 6.56. The molecule has 1 aliphatic rings. The van der Waals surface area contributed by atoms with E-state index in [1.165, 1.54) is 17.4 Å². The Morgan fingerprint density at radius 2 is 2.18 bits per heavy atom. The average Bonchev–Trinajstić information content (AvgIpc) is 2.91. The number of fused-ring (bicyclic) bond motifs is 1. The summed E-state index contributed by atoms with van der Waals surface area (Å²) in [6.07, 6.45) is 4.09. The van der Waals surface area contributed by atoms with Crippen molar-refractivity contribution in [1.82, 2.24) is 5.32 Å². The number of hydrogen-bond donors (Lipinski definition) is 2. The summed E-state index contributed by atoms with van der Waals surface area (Å²) in [6.45, 7) is 1.64. The Morgan fingerprint density at radius 3 is 2.95 bits per heavy atom. The van der Waals surface area contributed by atoms with E-state index in [-0.39, 0.29) is 5.91 Å². The maximum Gasteiger partial charge on any atom is 0.249 e. The quantitative estimate of drug-likeness (QED) is 0.857. The molecular formula is C17H15N3OS. The Morgan fingerprint density at radius 1 is 1.36 bits per heavy atom. The van der Waals surface area contributed by atoms with Crippen molar-refractivity contribution < 1.29 is 4.79 Å². The molecule has 22 heavy (non-hydrogen) atoms. The normalized spacial score (nSPS) is 13.6. The van der Waals surface area contributed by atoms with Gasteiger partial charge in [-0.1, -0.05) is 30.3 Å². The van der Waals surface area contributed by atoms with E-state index in [0.717, 1.165) is 35.5 Å². The SMILES string of the molecule is N#Cc1c(NC(=O)C=Cc2ccccc2)sc2c1CCNC2. The molecule has 2 heterocycles. The third-order valence-electron chi connectivity index (χ3n) is 3.50. The standard InChI is InChI=1S/C17H15N3OS/c18-10-14-13-8-9-19-11-15(13)22-17(14)20-16(21)7-6-12-4-2-1-3-5-12/h1-7,19H,8-9,11H2,(H,20,21). The molecule has 0 radical (unpaired) electrons. The zero-order valence-electron chi connectivity index (χ0n) is 11.9. The van der Waals surface area contributed by atoms with E-state index in [0.29, 0.717) is 10.6 Å². The van der Waals surface area contributed by atoms with Gasteiger partial charge in [0.1, 0.15) is 11.1 Å². The summed E-state index contributed by atoms with van der Waals surface area (Å²) in [5.41, 5.74) is 2.66. The number of anilines is 1. The van der Waals surface area contributed by atoms with E-state index in [1.807, 2.05) is 30.3 Å². The van der Waals surface area contributed by atoms with Crippen LogP contribution in [0.25, 0.3) is 6.08 Å². The summed E-state index contributed by atoms with van der Waals surface area (Å²) in [7, 11) is 0. The Hall–Kier alpha value is -2.42. The third kappa shape index (κ3) is 3.08. The first-order chi connectivity index (χ1) is 10.8. The summed E-state index contributed by atoms with van der Waals surface area (Å²) in [5, 5.41) is 16.1. The molecule has 0 saturated heterocycles. The molecule has 0 bridgehead atoms. The third-order valence-corrected chi connectivity index (χ3v) is 4.65. The van der Waals surface area contributed by atoms with Crippen LogP contribution in [0.15, 0.2) is 36.4 Å². The number of carbonyl (C=O) groups excluding carboxylic acids is 1. The van der Waals surface area contributed by atoms with Gasteiger partial charge in [0.25, 0.3) is 0 Å². The lowest BCUT2D eigenvalue weighted by molar-refractivity contribution is -0.111. The zero-order chi connectivity index (χ0) is 15.4. The largest absolute Gasteiger partial charge is 0.313 e. The van der Waals surface area contributed by atoms with Crippen molar-refractivity contribution in [2.75, 3.05) is 11.9 Å². The summed E-state index contributed by atoms with van der Waals surface area (Å²) in [6, 6.07) is 11.9. The lowest BCUT2D eigenvalue weighted by atomic mass is 10.1.